The van der Waals surface area contributed by atoms with E-state index < -0.39 is 29.2 Å². The van der Waals surface area contributed by atoms with Crippen LogP contribution < -0.4 is 10.6 Å². The van der Waals surface area contributed by atoms with Gasteiger partial charge in [0.2, 0.25) is 11.6 Å². The van der Waals surface area contributed by atoms with E-state index in [0.29, 0.717) is 35.9 Å². The van der Waals surface area contributed by atoms with Gasteiger partial charge in [0.1, 0.15) is 28.9 Å². The standard InChI is InChI=1S/C23H23N9O6S3/c1-2-7-31-23(27-29-30-31)41-9-12-8-39-20-16(19(35)32(20)17(12)21(36)37)26-18(34)15(28-38-13-5-3-4-6-13)14-10-40-22(25-14)24-11-33/h2-3,5,10-11,13,16,20H,1,4,6-9H2,(H,26,34)(H,36,37)(H,24,25,33)/t13?,16?,20-/m1/s1. The number of amides is 3. The third kappa shape index (κ3) is 6.03. The molecule has 0 aromatic carbocycles. The molecule has 18 heteroatoms. The van der Waals surface area contributed by atoms with Crippen LogP contribution in [0.1, 0.15) is 18.5 Å². The van der Waals surface area contributed by atoms with E-state index in [-0.39, 0.29) is 34.1 Å². The molecule has 2 aromatic rings. The predicted octanol–water partition coefficient (Wildman–Crippen LogP) is 0.854. The van der Waals surface area contributed by atoms with Crippen LogP contribution in [0.5, 0.6) is 0 Å². The van der Waals surface area contributed by atoms with Crippen LogP contribution in [0.25, 0.3) is 0 Å². The zero-order valence-corrected chi connectivity index (χ0v) is 23.7. The fourth-order valence-corrected chi connectivity index (χ4v) is 7.24. The first-order valence-corrected chi connectivity index (χ1v) is 15.1. The van der Waals surface area contributed by atoms with Gasteiger partial charge in [-0.2, -0.15) is 0 Å². The first-order valence-electron chi connectivity index (χ1n) is 12.2. The number of tetrazole rings is 1. The van der Waals surface area contributed by atoms with E-state index in [4.69, 9.17) is 4.84 Å². The number of thioether (sulfide) groups is 2. The minimum Gasteiger partial charge on any atom is -0.477 e. The van der Waals surface area contributed by atoms with Crippen LogP contribution >= 0.6 is 34.9 Å². The third-order valence-corrected chi connectivity index (χ3v) is 9.26. The van der Waals surface area contributed by atoms with Crippen molar-refractivity contribution in [3.63, 3.8) is 0 Å². The smallest absolute Gasteiger partial charge is 0.352 e. The number of rotatable bonds is 13. The number of aromatic nitrogens is 5. The van der Waals surface area contributed by atoms with Crippen molar-refractivity contribution in [1.82, 2.24) is 35.4 Å². The van der Waals surface area contributed by atoms with Crippen LogP contribution in [0.2, 0.25) is 0 Å². The highest BCUT2D eigenvalue weighted by molar-refractivity contribution is 8.01. The van der Waals surface area contributed by atoms with Crippen molar-refractivity contribution in [1.29, 1.82) is 0 Å². The van der Waals surface area contributed by atoms with Gasteiger partial charge in [-0.05, 0) is 34.9 Å². The minimum absolute atomic E-state index is 0.117. The summed E-state index contributed by atoms with van der Waals surface area (Å²) < 4.78 is 1.53. The van der Waals surface area contributed by atoms with Gasteiger partial charge >= 0.3 is 5.97 Å². The van der Waals surface area contributed by atoms with Crippen molar-refractivity contribution < 1.29 is 29.1 Å². The summed E-state index contributed by atoms with van der Waals surface area (Å²) in [6.07, 6.45) is 7.10. The van der Waals surface area contributed by atoms with Gasteiger partial charge in [-0.25, -0.2) is 14.5 Å². The number of nitrogens with one attached hydrogen (secondary N) is 2. The summed E-state index contributed by atoms with van der Waals surface area (Å²) >= 11 is 3.68. The maximum absolute atomic E-state index is 13.3. The van der Waals surface area contributed by atoms with Gasteiger partial charge in [0, 0.05) is 16.9 Å². The molecule has 0 saturated carbocycles. The van der Waals surface area contributed by atoms with E-state index in [1.165, 1.54) is 38.5 Å². The molecule has 1 fully saturated rings. The Labute approximate surface area is 245 Å². The zero-order valence-electron chi connectivity index (χ0n) is 21.2. The monoisotopic (exact) mass is 617 g/mol. The van der Waals surface area contributed by atoms with Gasteiger partial charge in [0.05, 0.1) is 6.54 Å². The van der Waals surface area contributed by atoms with E-state index in [2.05, 4.69) is 42.9 Å². The lowest BCUT2D eigenvalue weighted by atomic mass is 10.0. The predicted molar refractivity (Wildman–Crippen MR) is 150 cm³/mol. The van der Waals surface area contributed by atoms with Crippen LogP contribution in [-0.2, 0) is 30.6 Å². The lowest BCUT2D eigenvalue weighted by Gasteiger charge is -2.49. The van der Waals surface area contributed by atoms with Crippen LogP contribution in [0.15, 0.2) is 51.8 Å². The molecule has 41 heavy (non-hydrogen) atoms. The van der Waals surface area contributed by atoms with Gasteiger partial charge in [-0.1, -0.05) is 29.1 Å². The van der Waals surface area contributed by atoms with E-state index in [0.717, 1.165) is 17.8 Å². The van der Waals surface area contributed by atoms with Gasteiger partial charge < -0.3 is 20.6 Å². The van der Waals surface area contributed by atoms with Gasteiger partial charge in [0.15, 0.2) is 10.8 Å². The lowest BCUT2D eigenvalue weighted by molar-refractivity contribution is -0.150. The summed E-state index contributed by atoms with van der Waals surface area (Å²) in [5.41, 5.74) is 0.403. The van der Waals surface area contributed by atoms with Gasteiger partial charge in [0.25, 0.3) is 11.8 Å². The number of oxime groups is 1. The van der Waals surface area contributed by atoms with Crippen LogP contribution in [0.4, 0.5) is 5.13 Å². The summed E-state index contributed by atoms with van der Waals surface area (Å²) in [6, 6.07) is -0.987. The molecule has 0 radical (unpaired) electrons. The van der Waals surface area contributed by atoms with E-state index in [1.54, 1.807) is 6.08 Å². The molecule has 3 N–H and O–H groups in total. The average Bonchev–Trinajstić information content (AvgIpc) is 3.74. The molecule has 5 rings (SSSR count). The summed E-state index contributed by atoms with van der Waals surface area (Å²) in [4.78, 5) is 60.5. The van der Waals surface area contributed by atoms with Crippen molar-refractivity contribution >= 4 is 69.9 Å². The Bertz CT molecular complexity index is 1470. The summed E-state index contributed by atoms with van der Waals surface area (Å²) in [7, 11) is 0. The molecule has 2 aromatic heterocycles. The number of anilines is 1. The Kier molecular flexibility index (Phi) is 8.79. The molecule has 1 aliphatic carbocycles. The Hall–Kier alpha value is -4.03. The number of hydrogen-bond donors (Lipinski definition) is 3. The second kappa shape index (κ2) is 12.6. The van der Waals surface area contributed by atoms with E-state index in [9.17, 15) is 24.3 Å². The number of fused-ring (bicyclic) bond motifs is 1. The van der Waals surface area contributed by atoms with Crippen molar-refractivity contribution in [3.8, 4) is 0 Å². The highest BCUT2D eigenvalue weighted by Gasteiger charge is 2.54. The maximum atomic E-state index is 13.3. The first kappa shape index (κ1) is 28.5. The normalized spacial score (nSPS) is 21.8. The number of aliphatic carboxylic acids is 1. The number of carboxylic acids is 1. The Morgan fingerprint density at radius 1 is 1.39 bits per heavy atom. The van der Waals surface area contributed by atoms with E-state index >= 15 is 0 Å². The summed E-state index contributed by atoms with van der Waals surface area (Å²) in [5.74, 6) is -1.95. The molecule has 15 nitrogen and oxygen atoms in total. The number of thiazole rings is 1. The fourth-order valence-electron chi connectivity index (χ4n) is 4.21. The number of carbonyl (C=O) groups excluding carboxylic acids is 3. The molecule has 1 saturated heterocycles. The van der Waals surface area contributed by atoms with Crippen molar-refractivity contribution in [2.45, 2.75) is 42.1 Å². The molecule has 3 amide bonds. The Morgan fingerprint density at radius 3 is 2.98 bits per heavy atom. The van der Waals surface area contributed by atoms with E-state index in [1.807, 2.05) is 12.2 Å². The Morgan fingerprint density at radius 2 is 2.24 bits per heavy atom. The molecule has 4 heterocycles. The summed E-state index contributed by atoms with van der Waals surface area (Å²) in [5, 5.41) is 32.2. The number of hydrogen-bond acceptors (Lipinski definition) is 13. The molecule has 0 bridgehead atoms. The number of β-lactam (4-membered cyclic amide) rings is 1. The SMILES string of the molecule is C=CCn1nnnc1SCC1=C(C(=O)O)N2C(=O)C(NC(=O)C(=NOC3C=CCC3)c3csc(NC=O)n3)[C@H]2SC1. The first-order chi connectivity index (χ1) is 19.9. The number of carboxylic acid groups (broad SMARTS) is 1. The van der Waals surface area contributed by atoms with Gasteiger partial charge in [-0.15, -0.1) is 34.8 Å². The van der Waals surface area contributed by atoms with Crippen molar-refractivity contribution in [2.75, 3.05) is 16.8 Å². The van der Waals surface area contributed by atoms with Crippen molar-refractivity contribution in [3.05, 3.63) is 47.2 Å². The van der Waals surface area contributed by atoms with Crippen molar-refractivity contribution in [2.24, 2.45) is 5.16 Å². The molecule has 3 aliphatic rings. The highest BCUT2D eigenvalue weighted by atomic mass is 32.2. The van der Waals surface area contributed by atoms with Crippen LogP contribution in [0.3, 0.4) is 0 Å². The highest BCUT2D eigenvalue weighted by Crippen LogP contribution is 2.41. The fraction of sp³-hybridized carbons (Fsp3) is 0.348. The molecule has 214 valence electrons. The number of allylic oxidation sites excluding steroid dienone is 2. The topological polar surface area (TPSA) is 194 Å². The second-order valence-corrected chi connectivity index (χ2v) is 11.6. The largest absolute Gasteiger partial charge is 0.477 e. The molecule has 3 atom stereocenters. The summed E-state index contributed by atoms with van der Waals surface area (Å²) in [6.45, 7) is 4.06. The zero-order chi connectivity index (χ0) is 28.9. The number of nitrogens with zero attached hydrogens (tertiary/aromatic N) is 7. The quantitative estimate of drug-likeness (QED) is 0.0718. The Balaban J connectivity index is 1.31. The number of carbonyl (C=O) groups is 4. The van der Waals surface area contributed by atoms with Crippen LogP contribution in [0, 0.1) is 0 Å². The average molecular weight is 618 g/mol. The maximum Gasteiger partial charge on any atom is 0.352 e. The third-order valence-electron chi connectivity index (χ3n) is 6.11. The lowest BCUT2D eigenvalue weighted by Crippen LogP contribution is -2.71. The molecule has 2 aliphatic heterocycles. The molecule has 0 spiro atoms. The molecular formula is C23H23N9O6S3. The molecular weight excluding hydrogens is 595 g/mol. The minimum atomic E-state index is -1.24. The molecule has 2 unspecified atom stereocenters. The second-order valence-electron chi connectivity index (χ2n) is 8.73. The van der Waals surface area contributed by atoms with Gasteiger partial charge in [-0.3, -0.25) is 19.3 Å². The van der Waals surface area contributed by atoms with Crippen LogP contribution in [-0.4, -0.2) is 94.1 Å².